The fourth-order valence-electron chi connectivity index (χ4n) is 3.25. The predicted octanol–water partition coefficient (Wildman–Crippen LogP) is 3.36. The van der Waals surface area contributed by atoms with Crippen LogP contribution in [0.4, 0.5) is 0 Å². The van der Waals surface area contributed by atoms with E-state index in [1.807, 2.05) is 25.1 Å². The molecule has 0 unspecified atom stereocenters. The number of ether oxygens (including phenoxy) is 2. The Balaban J connectivity index is 1.49. The molecule has 0 aliphatic rings. The number of aliphatic imine (C=N–C) groups is 1. The maximum atomic E-state index is 5.67. The van der Waals surface area contributed by atoms with Gasteiger partial charge in [-0.1, -0.05) is 18.2 Å². The van der Waals surface area contributed by atoms with Crippen molar-refractivity contribution >= 4 is 5.96 Å². The molecule has 8 heteroatoms. The number of aromatic nitrogens is 3. The van der Waals surface area contributed by atoms with E-state index in [2.05, 4.69) is 51.9 Å². The molecule has 3 rings (SSSR count). The number of guanidine groups is 1. The van der Waals surface area contributed by atoms with Crippen LogP contribution in [-0.2, 0) is 13.0 Å². The fourth-order valence-corrected chi connectivity index (χ4v) is 3.25. The number of nitrogens with zero attached hydrogens (tertiary/aromatic N) is 4. The maximum Gasteiger partial charge on any atom is 0.191 e. The number of methoxy groups -OCH3 is 1. The number of rotatable bonds is 11. The molecule has 3 aromatic rings. The molecule has 0 amide bonds. The summed E-state index contributed by atoms with van der Waals surface area (Å²) < 4.78 is 12.8. The fraction of sp³-hybridized carbons (Fsp3) is 0.375. The van der Waals surface area contributed by atoms with Gasteiger partial charge in [0.15, 0.2) is 17.5 Å². The van der Waals surface area contributed by atoms with Crippen LogP contribution in [0.3, 0.4) is 0 Å². The van der Waals surface area contributed by atoms with Crippen molar-refractivity contribution in [1.82, 2.24) is 25.4 Å². The lowest BCUT2D eigenvalue weighted by molar-refractivity contribution is 0.310. The number of aryl methyl sites for hydroxylation is 1. The molecule has 0 spiro atoms. The van der Waals surface area contributed by atoms with E-state index in [9.17, 15) is 0 Å². The monoisotopic (exact) mass is 436 g/mol. The van der Waals surface area contributed by atoms with Gasteiger partial charge < -0.3 is 20.1 Å². The Labute approximate surface area is 189 Å². The zero-order valence-corrected chi connectivity index (χ0v) is 19.0. The molecule has 8 nitrogen and oxygen atoms in total. The van der Waals surface area contributed by atoms with Gasteiger partial charge in [0, 0.05) is 13.1 Å². The van der Waals surface area contributed by atoms with Crippen LogP contribution in [0.2, 0.25) is 0 Å². The van der Waals surface area contributed by atoms with Crippen molar-refractivity contribution in [2.45, 2.75) is 33.2 Å². The summed E-state index contributed by atoms with van der Waals surface area (Å²) in [6.45, 7) is 6.90. The summed E-state index contributed by atoms with van der Waals surface area (Å²) in [7, 11) is 1.66. The minimum atomic E-state index is 0.600. The Bertz CT molecular complexity index is 971. The highest BCUT2D eigenvalue weighted by atomic mass is 16.5. The molecule has 0 radical (unpaired) electrons. The minimum Gasteiger partial charge on any atom is -0.493 e. The van der Waals surface area contributed by atoms with Crippen LogP contribution >= 0.6 is 0 Å². The first-order valence-electron chi connectivity index (χ1n) is 11.0. The topological polar surface area (TPSA) is 85.6 Å². The Kier molecular flexibility index (Phi) is 8.92. The lowest BCUT2D eigenvalue weighted by Crippen LogP contribution is -2.37. The van der Waals surface area contributed by atoms with E-state index < -0.39 is 0 Å². The Morgan fingerprint density at radius 3 is 2.53 bits per heavy atom. The van der Waals surface area contributed by atoms with Gasteiger partial charge in [0.05, 0.1) is 25.9 Å². The van der Waals surface area contributed by atoms with Crippen molar-refractivity contribution in [1.29, 1.82) is 0 Å². The number of nitrogens with one attached hydrogen (secondary N) is 2. The van der Waals surface area contributed by atoms with Crippen LogP contribution in [-0.4, -0.2) is 47.5 Å². The summed E-state index contributed by atoms with van der Waals surface area (Å²) in [5.41, 5.74) is 3.34. The van der Waals surface area contributed by atoms with Gasteiger partial charge in [0.2, 0.25) is 0 Å². The molecule has 0 aliphatic heterocycles. The molecular weight excluding hydrogens is 404 g/mol. The van der Waals surface area contributed by atoms with E-state index in [-0.39, 0.29) is 0 Å². The molecule has 0 atom stereocenters. The van der Waals surface area contributed by atoms with Crippen LogP contribution in [0.5, 0.6) is 11.5 Å². The van der Waals surface area contributed by atoms with E-state index >= 15 is 0 Å². The van der Waals surface area contributed by atoms with Crippen molar-refractivity contribution in [3.05, 3.63) is 66.2 Å². The smallest absolute Gasteiger partial charge is 0.191 e. The highest BCUT2D eigenvalue weighted by Gasteiger charge is 2.06. The van der Waals surface area contributed by atoms with Crippen molar-refractivity contribution in [2.75, 3.05) is 26.8 Å². The van der Waals surface area contributed by atoms with Gasteiger partial charge in [0.25, 0.3) is 0 Å². The van der Waals surface area contributed by atoms with Crippen LogP contribution in [0, 0.1) is 0 Å². The molecule has 2 aromatic carbocycles. The largest absolute Gasteiger partial charge is 0.493 e. The summed E-state index contributed by atoms with van der Waals surface area (Å²) in [4.78, 5) is 8.68. The predicted molar refractivity (Wildman–Crippen MR) is 127 cm³/mol. The van der Waals surface area contributed by atoms with Crippen molar-refractivity contribution in [3.63, 3.8) is 0 Å². The molecule has 0 aliphatic carbocycles. The number of hydrogen-bond donors (Lipinski definition) is 2. The molecular formula is C24H32N6O2. The van der Waals surface area contributed by atoms with Crippen molar-refractivity contribution in [3.8, 4) is 17.2 Å². The van der Waals surface area contributed by atoms with Crippen molar-refractivity contribution < 1.29 is 9.47 Å². The lowest BCUT2D eigenvalue weighted by Gasteiger charge is -2.13. The van der Waals surface area contributed by atoms with Gasteiger partial charge in [-0.25, -0.2) is 14.7 Å². The second-order valence-electron chi connectivity index (χ2n) is 7.15. The summed E-state index contributed by atoms with van der Waals surface area (Å²) in [6, 6.07) is 14.3. The molecule has 1 heterocycles. The third-order valence-electron chi connectivity index (χ3n) is 4.85. The number of hydrogen-bond acceptors (Lipinski definition) is 5. The second-order valence-corrected chi connectivity index (χ2v) is 7.15. The average Bonchev–Trinajstić information content (AvgIpc) is 3.36. The van der Waals surface area contributed by atoms with E-state index in [0.29, 0.717) is 13.2 Å². The van der Waals surface area contributed by atoms with Crippen LogP contribution in [0.1, 0.15) is 31.4 Å². The summed E-state index contributed by atoms with van der Waals surface area (Å²) in [6.07, 6.45) is 5.14. The standard InChI is InChI=1S/C24H32N6O2/c1-4-26-24(28-16-20-8-11-21(12-9-20)30-18-25-17-29-30)27-14-6-7-19-10-13-22(31-3)23(15-19)32-5-2/h8-13,15,17-18H,4-7,14,16H2,1-3H3,(H2,26,27,28). The Morgan fingerprint density at radius 2 is 1.84 bits per heavy atom. The van der Waals surface area contributed by atoms with Crippen LogP contribution in [0.25, 0.3) is 5.69 Å². The van der Waals surface area contributed by atoms with E-state index in [4.69, 9.17) is 14.5 Å². The molecule has 170 valence electrons. The van der Waals surface area contributed by atoms with Gasteiger partial charge in [-0.3, -0.25) is 0 Å². The Morgan fingerprint density at radius 1 is 1.03 bits per heavy atom. The first-order valence-corrected chi connectivity index (χ1v) is 11.0. The summed E-state index contributed by atoms with van der Waals surface area (Å²) >= 11 is 0. The molecule has 2 N–H and O–H groups in total. The van der Waals surface area contributed by atoms with Gasteiger partial charge in [-0.05, 0) is 62.1 Å². The molecule has 0 saturated carbocycles. The third kappa shape index (κ3) is 6.73. The Hall–Kier alpha value is -3.55. The first kappa shape index (κ1) is 23.1. The molecule has 0 fully saturated rings. The quantitative estimate of drug-likeness (QED) is 0.272. The van der Waals surface area contributed by atoms with Gasteiger partial charge in [0.1, 0.15) is 12.7 Å². The minimum absolute atomic E-state index is 0.600. The highest BCUT2D eigenvalue weighted by molar-refractivity contribution is 5.79. The molecule has 32 heavy (non-hydrogen) atoms. The first-order chi connectivity index (χ1) is 15.7. The lowest BCUT2D eigenvalue weighted by atomic mass is 10.1. The summed E-state index contributed by atoms with van der Waals surface area (Å²) in [5.74, 6) is 2.38. The van der Waals surface area contributed by atoms with E-state index in [0.717, 1.165) is 54.6 Å². The SMILES string of the molecule is CCNC(=NCc1ccc(-n2cncn2)cc1)NCCCc1ccc(OC)c(OCC)c1. The zero-order chi connectivity index (χ0) is 22.6. The van der Waals surface area contributed by atoms with Crippen LogP contribution in [0.15, 0.2) is 60.1 Å². The normalized spacial score (nSPS) is 11.3. The second kappa shape index (κ2) is 12.3. The molecule has 0 saturated heterocycles. The summed E-state index contributed by atoms with van der Waals surface area (Å²) in [5, 5.41) is 10.9. The van der Waals surface area contributed by atoms with E-state index in [1.54, 1.807) is 18.1 Å². The third-order valence-corrected chi connectivity index (χ3v) is 4.85. The maximum absolute atomic E-state index is 5.67. The average molecular weight is 437 g/mol. The molecule has 0 bridgehead atoms. The van der Waals surface area contributed by atoms with Crippen LogP contribution < -0.4 is 20.1 Å². The number of benzene rings is 2. The van der Waals surface area contributed by atoms with E-state index in [1.165, 1.54) is 11.9 Å². The van der Waals surface area contributed by atoms with Gasteiger partial charge in [-0.2, -0.15) is 5.10 Å². The van der Waals surface area contributed by atoms with Gasteiger partial charge >= 0.3 is 0 Å². The molecule has 1 aromatic heterocycles. The van der Waals surface area contributed by atoms with Crippen molar-refractivity contribution in [2.24, 2.45) is 4.99 Å². The van der Waals surface area contributed by atoms with Gasteiger partial charge in [-0.15, -0.1) is 0 Å². The zero-order valence-electron chi connectivity index (χ0n) is 19.0. The highest BCUT2D eigenvalue weighted by Crippen LogP contribution is 2.28.